The fourth-order valence-electron chi connectivity index (χ4n) is 1.76. The number of carboxylic acids is 1. The van der Waals surface area contributed by atoms with Crippen LogP contribution in [0.4, 0.5) is 4.79 Å². The van der Waals surface area contributed by atoms with Gasteiger partial charge >= 0.3 is 12.1 Å². The lowest BCUT2D eigenvalue weighted by molar-refractivity contribution is -0.137. The van der Waals surface area contributed by atoms with Crippen molar-refractivity contribution in [2.75, 3.05) is 13.2 Å². The average Bonchev–Trinajstić information content (AvgIpc) is 2.45. The molecule has 5 nitrogen and oxygen atoms in total. The quantitative estimate of drug-likeness (QED) is 0.754. The number of nitrogens with zero attached hydrogens (tertiary/aromatic N) is 1. The first-order chi connectivity index (χ1) is 6.99. The molecule has 15 heavy (non-hydrogen) atoms. The van der Waals surface area contributed by atoms with Gasteiger partial charge in [0.15, 0.2) is 0 Å². The summed E-state index contributed by atoms with van der Waals surface area (Å²) in [6.07, 6.45) is 1.02. The summed E-state index contributed by atoms with van der Waals surface area (Å²) in [5.41, 5.74) is -0.453. The summed E-state index contributed by atoms with van der Waals surface area (Å²) >= 11 is 0. The van der Waals surface area contributed by atoms with Gasteiger partial charge in [-0.25, -0.2) is 4.79 Å². The minimum Gasteiger partial charge on any atom is -0.481 e. The van der Waals surface area contributed by atoms with Crippen LogP contribution in [0.3, 0.4) is 0 Å². The molecule has 0 aliphatic carbocycles. The van der Waals surface area contributed by atoms with E-state index in [1.807, 2.05) is 13.8 Å². The third kappa shape index (κ3) is 2.61. The zero-order valence-corrected chi connectivity index (χ0v) is 9.15. The topological polar surface area (TPSA) is 66.8 Å². The number of aliphatic carboxylic acids is 1. The molecule has 0 aromatic heterocycles. The maximum atomic E-state index is 11.4. The molecule has 0 radical (unpaired) electrons. The predicted octanol–water partition coefficient (Wildman–Crippen LogP) is 1.47. The Morgan fingerprint density at radius 2 is 2.33 bits per heavy atom. The van der Waals surface area contributed by atoms with E-state index in [0.717, 1.165) is 6.42 Å². The van der Waals surface area contributed by atoms with Crippen molar-refractivity contribution in [3.8, 4) is 0 Å². The van der Waals surface area contributed by atoms with E-state index in [-0.39, 0.29) is 12.5 Å². The van der Waals surface area contributed by atoms with E-state index in [2.05, 4.69) is 0 Å². The summed E-state index contributed by atoms with van der Waals surface area (Å²) in [5, 5.41) is 8.63. The number of hydrogen-bond donors (Lipinski definition) is 1. The van der Waals surface area contributed by atoms with Crippen LogP contribution in [0.15, 0.2) is 0 Å². The maximum Gasteiger partial charge on any atom is 0.410 e. The molecule has 0 aromatic carbocycles. The first-order valence-electron chi connectivity index (χ1n) is 5.16. The van der Waals surface area contributed by atoms with Crippen LogP contribution in [-0.2, 0) is 9.53 Å². The SMILES string of the molecule is CCCN1C(=O)OCC1(C)CCC(=O)O. The number of rotatable bonds is 5. The van der Waals surface area contributed by atoms with Crippen molar-refractivity contribution in [3.05, 3.63) is 0 Å². The summed E-state index contributed by atoms with van der Waals surface area (Å²) < 4.78 is 4.96. The van der Waals surface area contributed by atoms with Gasteiger partial charge in [0, 0.05) is 13.0 Å². The van der Waals surface area contributed by atoms with Crippen LogP contribution in [0.5, 0.6) is 0 Å². The van der Waals surface area contributed by atoms with Gasteiger partial charge in [-0.2, -0.15) is 0 Å². The highest BCUT2D eigenvalue weighted by atomic mass is 16.6. The van der Waals surface area contributed by atoms with Gasteiger partial charge in [-0.05, 0) is 19.8 Å². The standard InChI is InChI=1S/C10H17NO4/c1-3-6-11-9(14)15-7-10(11,2)5-4-8(12)13/h3-7H2,1-2H3,(H,12,13). The van der Waals surface area contributed by atoms with Crippen molar-refractivity contribution in [3.63, 3.8) is 0 Å². The Hall–Kier alpha value is -1.26. The van der Waals surface area contributed by atoms with E-state index < -0.39 is 11.5 Å². The number of hydrogen-bond acceptors (Lipinski definition) is 3. The molecular formula is C10H17NO4. The van der Waals surface area contributed by atoms with Gasteiger partial charge in [-0.15, -0.1) is 0 Å². The highest BCUT2D eigenvalue weighted by Crippen LogP contribution is 2.28. The highest BCUT2D eigenvalue weighted by molar-refractivity contribution is 5.71. The van der Waals surface area contributed by atoms with Crippen LogP contribution in [0.1, 0.15) is 33.1 Å². The van der Waals surface area contributed by atoms with Gasteiger partial charge in [0.1, 0.15) is 6.61 Å². The second kappa shape index (κ2) is 4.51. The number of carboxylic acid groups (broad SMARTS) is 1. The molecule has 1 fully saturated rings. The van der Waals surface area contributed by atoms with Gasteiger partial charge in [0.05, 0.1) is 5.54 Å². The van der Waals surface area contributed by atoms with Crippen molar-refractivity contribution in [1.29, 1.82) is 0 Å². The summed E-state index contributed by atoms with van der Waals surface area (Å²) in [6.45, 7) is 4.76. The first kappa shape index (κ1) is 11.8. The van der Waals surface area contributed by atoms with Gasteiger partial charge in [0.2, 0.25) is 0 Å². The molecule has 1 unspecified atom stereocenters. The van der Waals surface area contributed by atoms with Crippen LogP contribution in [-0.4, -0.2) is 40.8 Å². The van der Waals surface area contributed by atoms with Gasteiger partial charge in [-0.1, -0.05) is 6.92 Å². The highest BCUT2D eigenvalue weighted by Gasteiger charge is 2.42. The monoisotopic (exact) mass is 215 g/mol. The molecule has 1 N–H and O–H groups in total. The van der Waals surface area contributed by atoms with Gasteiger partial charge < -0.3 is 9.84 Å². The van der Waals surface area contributed by atoms with Crippen LogP contribution in [0.2, 0.25) is 0 Å². The van der Waals surface area contributed by atoms with E-state index in [0.29, 0.717) is 19.6 Å². The first-order valence-corrected chi connectivity index (χ1v) is 5.16. The number of cyclic esters (lactones) is 1. The Labute approximate surface area is 89.0 Å². The Kier molecular flexibility index (Phi) is 3.55. The van der Waals surface area contributed by atoms with E-state index in [1.54, 1.807) is 4.90 Å². The smallest absolute Gasteiger partial charge is 0.410 e. The number of carbonyl (C=O) groups is 2. The maximum absolute atomic E-state index is 11.4. The average molecular weight is 215 g/mol. The molecule has 0 saturated carbocycles. The molecule has 86 valence electrons. The molecule has 0 spiro atoms. The molecule has 0 aromatic rings. The van der Waals surface area contributed by atoms with Crippen molar-refractivity contribution in [2.45, 2.75) is 38.6 Å². The molecule has 1 aliphatic rings. The van der Waals surface area contributed by atoms with Crippen LogP contribution in [0, 0.1) is 0 Å². The zero-order chi connectivity index (χ0) is 11.5. The van der Waals surface area contributed by atoms with Crippen molar-refractivity contribution in [2.24, 2.45) is 0 Å². The Morgan fingerprint density at radius 1 is 1.67 bits per heavy atom. The van der Waals surface area contributed by atoms with Crippen molar-refractivity contribution in [1.82, 2.24) is 4.90 Å². The van der Waals surface area contributed by atoms with Gasteiger partial charge in [0.25, 0.3) is 0 Å². The molecule has 1 saturated heterocycles. The third-order valence-corrected chi connectivity index (χ3v) is 2.70. The predicted molar refractivity (Wildman–Crippen MR) is 53.6 cm³/mol. The second-order valence-corrected chi connectivity index (χ2v) is 4.10. The van der Waals surface area contributed by atoms with E-state index >= 15 is 0 Å². The Bertz CT molecular complexity index is 266. The van der Waals surface area contributed by atoms with E-state index in [4.69, 9.17) is 9.84 Å². The molecule has 1 rings (SSSR count). The molecular weight excluding hydrogens is 198 g/mol. The summed E-state index contributed by atoms with van der Waals surface area (Å²) in [6, 6.07) is 0. The van der Waals surface area contributed by atoms with E-state index in [1.165, 1.54) is 0 Å². The minimum absolute atomic E-state index is 0.0629. The lowest BCUT2D eigenvalue weighted by Gasteiger charge is -2.31. The summed E-state index contributed by atoms with van der Waals surface area (Å²) in [5.74, 6) is -0.841. The number of ether oxygens (including phenoxy) is 1. The Balaban J connectivity index is 2.64. The van der Waals surface area contributed by atoms with Crippen molar-refractivity contribution >= 4 is 12.1 Å². The van der Waals surface area contributed by atoms with Crippen molar-refractivity contribution < 1.29 is 19.4 Å². The fraction of sp³-hybridized carbons (Fsp3) is 0.800. The molecule has 1 atom stereocenters. The molecule has 1 aliphatic heterocycles. The van der Waals surface area contributed by atoms with Crippen LogP contribution in [0.25, 0.3) is 0 Å². The number of carbonyl (C=O) groups excluding carboxylic acids is 1. The van der Waals surface area contributed by atoms with Crippen LogP contribution >= 0.6 is 0 Å². The fourth-order valence-corrected chi connectivity index (χ4v) is 1.76. The second-order valence-electron chi connectivity index (χ2n) is 4.10. The lowest BCUT2D eigenvalue weighted by Crippen LogP contribution is -2.45. The Morgan fingerprint density at radius 3 is 2.87 bits per heavy atom. The third-order valence-electron chi connectivity index (χ3n) is 2.70. The van der Waals surface area contributed by atoms with Gasteiger partial charge in [-0.3, -0.25) is 9.69 Å². The molecule has 5 heteroatoms. The molecule has 1 amide bonds. The molecule has 0 bridgehead atoms. The van der Waals surface area contributed by atoms with E-state index in [9.17, 15) is 9.59 Å². The largest absolute Gasteiger partial charge is 0.481 e. The summed E-state index contributed by atoms with van der Waals surface area (Å²) in [7, 11) is 0. The van der Waals surface area contributed by atoms with Crippen LogP contribution < -0.4 is 0 Å². The number of amides is 1. The zero-order valence-electron chi connectivity index (χ0n) is 9.15. The lowest BCUT2D eigenvalue weighted by atomic mass is 9.95. The normalized spacial score (nSPS) is 25.5. The summed E-state index contributed by atoms with van der Waals surface area (Å²) in [4.78, 5) is 23.5. The molecule has 1 heterocycles. The minimum atomic E-state index is -0.841.